The van der Waals surface area contributed by atoms with Gasteiger partial charge in [-0.2, -0.15) is 0 Å². The van der Waals surface area contributed by atoms with Crippen LogP contribution in [-0.2, 0) is 22.6 Å². The van der Waals surface area contributed by atoms with E-state index in [-0.39, 0.29) is 18.4 Å². The van der Waals surface area contributed by atoms with Crippen LogP contribution in [0.25, 0.3) is 0 Å². The van der Waals surface area contributed by atoms with Crippen molar-refractivity contribution < 1.29 is 9.59 Å². The zero-order chi connectivity index (χ0) is 21.5. The third kappa shape index (κ3) is 6.42. The summed E-state index contributed by atoms with van der Waals surface area (Å²) in [5, 5.41) is 5.66. The van der Waals surface area contributed by atoms with Crippen LogP contribution in [0.15, 0.2) is 48.5 Å². The molecule has 1 aliphatic carbocycles. The topological polar surface area (TPSA) is 61.4 Å². The summed E-state index contributed by atoms with van der Waals surface area (Å²) in [6.45, 7) is 7.48. The molecule has 0 unspecified atom stereocenters. The Morgan fingerprint density at radius 1 is 1.03 bits per heavy atom. The average molecular weight is 408 g/mol. The lowest BCUT2D eigenvalue weighted by atomic mass is 10.0. The fourth-order valence-electron chi connectivity index (χ4n) is 3.56. The van der Waals surface area contributed by atoms with Crippen LogP contribution >= 0.6 is 0 Å². The second-order valence-electron chi connectivity index (χ2n) is 8.37. The van der Waals surface area contributed by atoms with Crippen molar-refractivity contribution in [2.75, 3.05) is 18.4 Å². The SMILES string of the molecule is CCc1ccccc1NC(=O)CNC(=O)CN(Cc1ccc(C(C)C)cc1)C1CC1. The van der Waals surface area contributed by atoms with Crippen molar-refractivity contribution in [3.8, 4) is 0 Å². The van der Waals surface area contributed by atoms with Crippen LogP contribution in [0.2, 0.25) is 0 Å². The number of carbonyl (C=O) groups excluding carboxylic acids is 2. The van der Waals surface area contributed by atoms with Gasteiger partial charge in [0.1, 0.15) is 0 Å². The van der Waals surface area contributed by atoms with E-state index in [2.05, 4.69) is 60.6 Å². The molecule has 0 aromatic heterocycles. The summed E-state index contributed by atoms with van der Waals surface area (Å²) in [6, 6.07) is 16.8. The van der Waals surface area contributed by atoms with Crippen LogP contribution in [0, 0.1) is 0 Å². The third-order valence-corrected chi connectivity index (χ3v) is 5.56. The fourth-order valence-corrected chi connectivity index (χ4v) is 3.56. The molecular formula is C25H33N3O2. The highest BCUT2D eigenvalue weighted by Gasteiger charge is 2.30. The maximum atomic E-state index is 12.5. The van der Waals surface area contributed by atoms with Crippen LogP contribution in [0.3, 0.4) is 0 Å². The van der Waals surface area contributed by atoms with Crippen molar-refractivity contribution >= 4 is 17.5 Å². The lowest BCUT2D eigenvalue weighted by Gasteiger charge is -2.22. The number of para-hydroxylation sites is 1. The highest BCUT2D eigenvalue weighted by atomic mass is 16.2. The first-order valence-corrected chi connectivity index (χ1v) is 10.9. The van der Waals surface area contributed by atoms with Crippen LogP contribution < -0.4 is 10.6 Å². The molecule has 0 saturated heterocycles. The van der Waals surface area contributed by atoms with Crippen molar-refractivity contribution in [2.24, 2.45) is 0 Å². The van der Waals surface area contributed by atoms with E-state index in [1.807, 2.05) is 24.3 Å². The smallest absolute Gasteiger partial charge is 0.243 e. The highest BCUT2D eigenvalue weighted by Crippen LogP contribution is 2.28. The molecule has 0 aliphatic heterocycles. The molecule has 0 bridgehead atoms. The molecule has 0 spiro atoms. The second kappa shape index (κ2) is 10.4. The van der Waals surface area contributed by atoms with E-state index in [9.17, 15) is 9.59 Å². The Hall–Kier alpha value is -2.66. The predicted molar refractivity (Wildman–Crippen MR) is 121 cm³/mol. The lowest BCUT2D eigenvalue weighted by molar-refractivity contribution is -0.125. The quantitative estimate of drug-likeness (QED) is 0.624. The number of benzene rings is 2. The first-order chi connectivity index (χ1) is 14.5. The van der Waals surface area contributed by atoms with Gasteiger partial charge in [0, 0.05) is 18.3 Å². The molecule has 5 heteroatoms. The van der Waals surface area contributed by atoms with E-state index in [4.69, 9.17) is 0 Å². The number of aryl methyl sites for hydroxylation is 1. The Bertz CT molecular complexity index is 857. The number of anilines is 1. The Morgan fingerprint density at radius 3 is 2.37 bits per heavy atom. The van der Waals surface area contributed by atoms with E-state index in [0.717, 1.165) is 37.1 Å². The molecule has 2 amide bonds. The van der Waals surface area contributed by atoms with Crippen molar-refractivity contribution in [3.63, 3.8) is 0 Å². The number of hydrogen-bond acceptors (Lipinski definition) is 3. The largest absolute Gasteiger partial charge is 0.346 e. The fraction of sp³-hybridized carbons (Fsp3) is 0.440. The minimum absolute atomic E-state index is 0.0154. The second-order valence-corrected chi connectivity index (χ2v) is 8.37. The van der Waals surface area contributed by atoms with Gasteiger partial charge in [0.25, 0.3) is 0 Å². The number of nitrogens with one attached hydrogen (secondary N) is 2. The molecule has 5 nitrogen and oxygen atoms in total. The first-order valence-electron chi connectivity index (χ1n) is 10.9. The maximum Gasteiger partial charge on any atom is 0.243 e. The van der Waals surface area contributed by atoms with Gasteiger partial charge in [-0.3, -0.25) is 14.5 Å². The van der Waals surface area contributed by atoms with Crippen molar-refractivity contribution in [2.45, 2.75) is 58.5 Å². The minimum atomic E-state index is -0.202. The van der Waals surface area contributed by atoms with Gasteiger partial charge >= 0.3 is 0 Å². The summed E-state index contributed by atoms with van der Waals surface area (Å²) in [4.78, 5) is 26.9. The standard InChI is InChI=1S/C25H33N3O2/c1-4-20-7-5-6-8-23(20)27-24(29)15-26-25(30)17-28(22-13-14-22)16-19-9-11-21(12-10-19)18(2)3/h5-12,18,22H,4,13-17H2,1-3H3,(H,26,30)(H,27,29). The Kier molecular flexibility index (Phi) is 7.63. The molecule has 2 aromatic carbocycles. The molecule has 3 rings (SSSR count). The molecule has 1 fully saturated rings. The summed E-state index contributed by atoms with van der Waals surface area (Å²) >= 11 is 0. The van der Waals surface area contributed by atoms with Crippen LogP contribution in [-0.4, -0.2) is 35.8 Å². The lowest BCUT2D eigenvalue weighted by Crippen LogP contribution is -2.41. The molecule has 2 N–H and O–H groups in total. The van der Waals surface area contributed by atoms with E-state index in [1.165, 1.54) is 11.1 Å². The van der Waals surface area contributed by atoms with Gasteiger partial charge in [-0.05, 0) is 47.9 Å². The predicted octanol–water partition coefficient (Wildman–Crippen LogP) is 4.09. The van der Waals surface area contributed by atoms with E-state index in [0.29, 0.717) is 18.5 Å². The highest BCUT2D eigenvalue weighted by molar-refractivity contribution is 5.95. The molecule has 0 heterocycles. The molecule has 0 atom stereocenters. The number of hydrogen-bond donors (Lipinski definition) is 2. The van der Waals surface area contributed by atoms with Gasteiger partial charge in [0.2, 0.25) is 11.8 Å². The molecule has 1 saturated carbocycles. The van der Waals surface area contributed by atoms with Gasteiger partial charge in [-0.1, -0.05) is 63.2 Å². The summed E-state index contributed by atoms with van der Waals surface area (Å²) < 4.78 is 0. The molecule has 30 heavy (non-hydrogen) atoms. The minimum Gasteiger partial charge on any atom is -0.346 e. The molecule has 160 valence electrons. The van der Waals surface area contributed by atoms with Crippen LogP contribution in [0.1, 0.15) is 56.2 Å². The Morgan fingerprint density at radius 2 is 1.73 bits per heavy atom. The molecular weight excluding hydrogens is 374 g/mol. The third-order valence-electron chi connectivity index (χ3n) is 5.56. The van der Waals surface area contributed by atoms with Gasteiger partial charge in [0.15, 0.2) is 0 Å². The first kappa shape index (κ1) is 22.0. The van der Waals surface area contributed by atoms with Gasteiger partial charge in [-0.15, -0.1) is 0 Å². The summed E-state index contributed by atoms with van der Waals surface area (Å²) in [7, 11) is 0. The van der Waals surface area contributed by atoms with Crippen molar-refractivity contribution in [1.29, 1.82) is 0 Å². The van der Waals surface area contributed by atoms with E-state index < -0.39 is 0 Å². The zero-order valence-corrected chi connectivity index (χ0v) is 18.3. The van der Waals surface area contributed by atoms with Gasteiger partial charge < -0.3 is 10.6 Å². The summed E-state index contributed by atoms with van der Waals surface area (Å²) in [5.74, 6) is 0.200. The monoisotopic (exact) mass is 407 g/mol. The molecule has 2 aromatic rings. The average Bonchev–Trinajstić information content (AvgIpc) is 3.58. The Balaban J connectivity index is 1.49. The summed E-state index contributed by atoms with van der Waals surface area (Å²) in [6.07, 6.45) is 3.11. The van der Waals surface area contributed by atoms with Crippen molar-refractivity contribution in [1.82, 2.24) is 10.2 Å². The van der Waals surface area contributed by atoms with Crippen molar-refractivity contribution in [3.05, 3.63) is 65.2 Å². The number of amides is 2. The Labute approximate surface area is 179 Å². The number of nitrogens with zero attached hydrogens (tertiary/aromatic N) is 1. The van der Waals surface area contributed by atoms with Crippen LogP contribution in [0.5, 0.6) is 0 Å². The van der Waals surface area contributed by atoms with E-state index >= 15 is 0 Å². The zero-order valence-electron chi connectivity index (χ0n) is 18.3. The normalized spacial score (nSPS) is 13.5. The molecule has 1 aliphatic rings. The van der Waals surface area contributed by atoms with Crippen LogP contribution in [0.4, 0.5) is 5.69 Å². The molecule has 0 radical (unpaired) electrons. The summed E-state index contributed by atoms with van der Waals surface area (Å²) in [5.41, 5.74) is 4.43. The number of carbonyl (C=O) groups is 2. The number of rotatable bonds is 10. The van der Waals surface area contributed by atoms with Gasteiger partial charge in [0.05, 0.1) is 13.1 Å². The van der Waals surface area contributed by atoms with E-state index in [1.54, 1.807) is 0 Å². The maximum absolute atomic E-state index is 12.5. The van der Waals surface area contributed by atoms with Gasteiger partial charge in [-0.25, -0.2) is 0 Å².